The molecule has 0 atom stereocenters. The van der Waals surface area contributed by atoms with Gasteiger partial charge in [-0.25, -0.2) is 13.8 Å². The molecular weight excluding hydrogens is 448 g/mol. The van der Waals surface area contributed by atoms with Crippen molar-refractivity contribution in [1.29, 1.82) is 0 Å². The molecule has 0 radical (unpaired) electrons. The van der Waals surface area contributed by atoms with Crippen LogP contribution in [0.1, 0.15) is 17.8 Å². The lowest BCUT2D eigenvalue weighted by molar-refractivity contribution is 0.122. The molecule has 0 saturated carbocycles. The van der Waals surface area contributed by atoms with Crippen LogP contribution in [0.4, 0.5) is 14.7 Å². The molecule has 12 heteroatoms. The van der Waals surface area contributed by atoms with Gasteiger partial charge < -0.3 is 19.1 Å². The Hall–Kier alpha value is -3.93. The molecule has 176 valence electrons. The predicted molar refractivity (Wildman–Crippen MR) is 118 cm³/mol. The molecule has 1 aromatic carbocycles. The van der Waals surface area contributed by atoms with Crippen LogP contribution in [0.25, 0.3) is 17.0 Å². The maximum absolute atomic E-state index is 14.1. The average Bonchev–Trinajstić information content (AvgIpc) is 3.29. The Kier molecular flexibility index (Phi) is 6.12. The van der Waals surface area contributed by atoms with Crippen LogP contribution in [0.15, 0.2) is 42.7 Å². The van der Waals surface area contributed by atoms with Crippen LogP contribution in [0.2, 0.25) is 0 Å². The van der Waals surface area contributed by atoms with E-state index in [9.17, 15) is 8.78 Å². The second kappa shape index (κ2) is 9.51. The lowest BCUT2D eigenvalue weighted by Crippen LogP contribution is -2.37. The summed E-state index contributed by atoms with van der Waals surface area (Å²) in [6.07, 6.45) is 0.426. The van der Waals surface area contributed by atoms with Gasteiger partial charge in [-0.3, -0.25) is 9.55 Å². The zero-order valence-electron chi connectivity index (χ0n) is 18.3. The summed E-state index contributed by atoms with van der Waals surface area (Å²) in [6.45, 7) is 2.28. The Morgan fingerprint density at radius 2 is 1.76 bits per heavy atom. The third-order valence-corrected chi connectivity index (χ3v) is 5.29. The van der Waals surface area contributed by atoms with E-state index in [1.807, 2.05) is 4.90 Å². The van der Waals surface area contributed by atoms with Crippen molar-refractivity contribution in [2.45, 2.75) is 13.0 Å². The van der Waals surface area contributed by atoms with Crippen molar-refractivity contribution in [1.82, 2.24) is 29.5 Å². The quantitative estimate of drug-likeness (QED) is 0.404. The molecule has 0 amide bonds. The number of pyridine rings is 1. The Morgan fingerprint density at radius 1 is 1.00 bits per heavy atom. The van der Waals surface area contributed by atoms with Crippen molar-refractivity contribution in [3.05, 3.63) is 54.1 Å². The lowest BCUT2D eigenvalue weighted by atomic mass is 10.3. The first-order valence-corrected chi connectivity index (χ1v) is 10.6. The highest BCUT2D eigenvalue weighted by Crippen LogP contribution is 2.32. The number of rotatable bonds is 7. The molecule has 0 N–H and O–H groups in total. The third-order valence-electron chi connectivity index (χ3n) is 5.29. The molecule has 34 heavy (non-hydrogen) atoms. The molecule has 0 bridgehead atoms. The number of imidazole rings is 1. The molecule has 1 saturated heterocycles. The summed E-state index contributed by atoms with van der Waals surface area (Å²) in [5, 5.41) is 0. The van der Waals surface area contributed by atoms with E-state index >= 15 is 0 Å². The Labute approximate surface area is 193 Å². The molecule has 0 unspecified atom stereocenters. The van der Waals surface area contributed by atoms with Crippen LogP contribution < -0.4 is 14.4 Å². The van der Waals surface area contributed by atoms with Gasteiger partial charge in [0.05, 0.1) is 25.8 Å². The first-order valence-electron chi connectivity index (χ1n) is 10.6. The van der Waals surface area contributed by atoms with E-state index in [4.69, 9.17) is 14.2 Å². The van der Waals surface area contributed by atoms with Crippen molar-refractivity contribution < 1.29 is 23.0 Å². The van der Waals surface area contributed by atoms with E-state index in [0.717, 1.165) is 5.56 Å². The molecule has 0 spiro atoms. The highest BCUT2D eigenvalue weighted by molar-refractivity contribution is 5.84. The molecule has 1 aliphatic rings. The number of ether oxygens (including phenoxy) is 3. The van der Waals surface area contributed by atoms with Gasteiger partial charge in [-0.2, -0.15) is 15.0 Å². The fourth-order valence-corrected chi connectivity index (χ4v) is 3.64. The second-order valence-corrected chi connectivity index (χ2v) is 7.40. The van der Waals surface area contributed by atoms with Gasteiger partial charge >= 0.3 is 6.01 Å². The minimum absolute atomic E-state index is 0.00765. The lowest BCUT2D eigenvalue weighted by Gasteiger charge is -2.27. The largest absolute Gasteiger partial charge is 0.494 e. The van der Waals surface area contributed by atoms with Crippen LogP contribution >= 0.6 is 0 Å². The van der Waals surface area contributed by atoms with E-state index in [0.29, 0.717) is 43.5 Å². The number of alkyl halides is 2. The first kappa shape index (κ1) is 21.9. The number of morpholine rings is 1. The highest BCUT2D eigenvalue weighted by atomic mass is 19.3. The number of aromatic nitrogens is 6. The first-order chi connectivity index (χ1) is 16.6. The van der Waals surface area contributed by atoms with Gasteiger partial charge in [-0.1, -0.05) is 6.07 Å². The van der Waals surface area contributed by atoms with E-state index in [1.165, 1.54) is 11.7 Å². The Morgan fingerprint density at radius 3 is 2.50 bits per heavy atom. The van der Waals surface area contributed by atoms with Gasteiger partial charge in [0.25, 0.3) is 6.43 Å². The van der Waals surface area contributed by atoms with E-state index in [-0.39, 0.29) is 24.1 Å². The fourth-order valence-electron chi connectivity index (χ4n) is 3.64. The van der Waals surface area contributed by atoms with Crippen LogP contribution in [0, 0.1) is 0 Å². The number of benzene rings is 1. The minimum atomic E-state index is -2.87. The smallest absolute Gasteiger partial charge is 0.323 e. The van der Waals surface area contributed by atoms with Gasteiger partial charge in [0.1, 0.15) is 17.9 Å². The summed E-state index contributed by atoms with van der Waals surface area (Å²) >= 11 is 0. The Balaban J connectivity index is 1.63. The molecular formula is C22H21F2N7O3. The summed E-state index contributed by atoms with van der Waals surface area (Å²) in [7, 11) is 1.46. The molecule has 10 nitrogen and oxygen atoms in total. The minimum Gasteiger partial charge on any atom is -0.494 e. The van der Waals surface area contributed by atoms with Crippen LogP contribution in [0.5, 0.6) is 11.8 Å². The fraction of sp³-hybridized carbons (Fsp3) is 0.318. The van der Waals surface area contributed by atoms with Gasteiger partial charge in [0.2, 0.25) is 11.9 Å². The summed E-state index contributed by atoms with van der Waals surface area (Å²) < 4.78 is 45.9. The zero-order chi connectivity index (χ0) is 23.5. The van der Waals surface area contributed by atoms with E-state index < -0.39 is 12.2 Å². The summed E-state index contributed by atoms with van der Waals surface area (Å²) in [6, 6.07) is 8.62. The summed E-state index contributed by atoms with van der Waals surface area (Å²) in [5.74, 6) is 0.156. The number of nitrogens with zero attached hydrogens (tertiary/aromatic N) is 7. The van der Waals surface area contributed by atoms with Gasteiger partial charge in [0, 0.05) is 25.5 Å². The second-order valence-electron chi connectivity index (χ2n) is 7.40. The van der Waals surface area contributed by atoms with Crippen molar-refractivity contribution in [2.75, 3.05) is 38.3 Å². The van der Waals surface area contributed by atoms with Gasteiger partial charge in [0.15, 0.2) is 5.82 Å². The van der Waals surface area contributed by atoms with Crippen molar-refractivity contribution in [3.63, 3.8) is 0 Å². The number of para-hydroxylation sites is 1. The summed E-state index contributed by atoms with van der Waals surface area (Å²) in [5.41, 5.74) is 1.53. The highest BCUT2D eigenvalue weighted by Gasteiger charge is 2.26. The van der Waals surface area contributed by atoms with Crippen molar-refractivity contribution in [3.8, 4) is 17.7 Å². The Bertz CT molecular complexity index is 1280. The van der Waals surface area contributed by atoms with Crippen molar-refractivity contribution >= 4 is 17.0 Å². The van der Waals surface area contributed by atoms with Crippen molar-refractivity contribution in [2.24, 2.45) is 0 Å². The molecule has 5 rings (SSSR count). The zero-order valence-corrected chi connectivity index (χ0v) is 18.3. The SMILES string of the molecule is COc1cccc2c1nc(C(F)F)n2-c1nc(OCc2ccncc2)nc(N2CCOCC2)n1. The molecule has 4 aromatic rings. The normalized spacial score (nSPS) is 14.1. The van der Waals surface area contributed by atoms with E-state index in [2.05, 4.69) is 24.9 Å². The molecule has 3 aromatic heterocycles. The molecule has 1 fully saturated rings. The number of methoxy groups -OCH3 is 1. The van der Waals surface area contributed by atoms with Crippen LogP contribution in [0.3, 0.4) is 0 Å². The standard InChI is InChI=1S/C22H21F2N7O3/c1-32-16-4-2-3-15-17(16)26-19(18(23)24)31(15)21-27-20(30-9-11-33-12-10-30)28-22(29-21)34-13-14-5-7-25-8-6-14/h2-8,18H,9-13H2,1H3. The summed E-state index contributed by atoms with van der Waals surface area (Å²) in [4.78, 5) is 23.3. The predicted octanol–water partition coefficient (Wildman–Crippen LogP) is 2.97. The number of hydrogen-bond donors (Lipinski definition) is 0. The number of halogens is 2. The number of hydrogen-bond acceptors (Lipinski definition) is 9. The topological polar surface area (TPSA) is 100 Å². The van der Waals surface area contributed by atoms with E-state index in [1.54, 1.807) is 42.7 Å². The molecule has 1 aliphatic heterocycles. The van der Waals surface area contributed by atoms with Crippen LogP contribution in [-0.4, -0.2) is 62.9 Å². The average molecular weight is 469 g/mol. The van der Waals surface area contributed by atoms with Gasteiger partial charge in [-0.15, -0.1) is 0 Å². The maximum atomic E-state index is 14.1. The number of anilines is 1. The number of fused-ring (bicyclic) bond motifs is 1. The molecule has 0 aliphatic carbocycles. The monoisotopic (exact) mass is 469 g/mol. The third kappa shape index (κ3) is 4.31. The molecule has 4 heterocycles. The maximum Gasteiger partial charge on any atom is 0.323 e. The van der Waals surface area contributed by atoms with Crippen LogP contribution in [-0.2, 0) is 11.3 Å². The van der Waals surface area contributed by atoms with Gasteiger partial charge in [-0.05, 0) is 29.8 Å².